The van der Waals surface area contributed by atoms with Gasteiger partial charge < -0.3 is 10.6 Å². The normalized spacial score (nSPS) is 11.6. The lowest BCUT2D eigenvalue weighted by molar-refractivity contribution is -0.115. The van der Waals surface area contributed by atoms with Crippen molar-refractivity contribution in [3.63, 3.8) is 0 Å². The van der Waals surface area contributed by atoms with Crippen LogP contribution in [0.5, 0.6) is 0 Å². The van der Waals surface area contributed by atoms with Crippen molar-refractivity contribution in [2.24, 2.45) is 0 Å². The van der Waals surface area contributed by atoms with Crippen LogP contribution in [0.1, 0.15) is 22.8 Å². The highest BCUT2D eigenvalue weighted by Crippen LogP contribution is 2.27. The summed E-state index contributed by atoms with van der Waals surface area (Å²) in [5.41, 5.74) is 2.89. The topological polar surface area (TPSA) is 58.2 Å². The molecule has 2 amide bonds. The van der Waals surface area contributed by atoms with Crippen LogP contribution in [-0.2, 0) is 4.79 Å². The summed E-state index contributed by atoms with van der Waals surface area (Å²) in [5.74, 6) is -0.317. The number of hydrogen-bond donors (Lipinski definition) is 2. The first kappa shape index (κ1) is 22.2. The van der Waals surface area contributed by atoms with Gasteiger partial charge in [-0.15, -0.1) is 11.8 Å². The van der Waals surface area contributed by atoms with Gasteiger partial charge in [0.25, 0.3) is 5.91 Å². The van der Waals surface area contributed by atoms with E-state index in [1.165, 1.54) is 11.8 Å². The molecule has 0 fully saturated rings. The van der Waals surface area contributed by atoms with Crippen molar-refractivity contribution in [1.29, 1.82) is 0 Å². The second kappa shape index (κ2) is 10.0. The molecule has 0 bridgehead atoms. The van der Waals surface area contributed by atoms with Gasteiger partial charge in [0.1, 0.15) is 0 Å². The average molecular weight is 459 g/mol. The molecule has 3 aromatic rings. The van der Waals surface area contributed by atoms with Crippen molar-refractivity contribution in [2.45, 2.75) is 24.0 Å². The maximum Gasteiger partial charge on any atom is 0.255 e. The van der Waals surface area contributed by atoms with Crippen LogP contribution in [0, 0.1) is 6.92 Å². The van der Waals surface area contributed by atoms with Crippen LogP contribution >= 0.6 is 35.0 Å². The van der Waals surface area contributed by atoms with Crippen LogP contribution in [-0.4, -0.2) is 17.1 Å². The SMILES string of the molecule is Cc1cccc(C(=O)Nc2ccc(SC(C)C(=O)Nc3cc(Cl)cc(Cl)c3)cc2)c1. The fourth-order valence-corrected chi connectivity index (χ4v) is 4.13. The second-order valence-electron chi connectivity index (χ2n) is 6.76. The zero-order chi connectivity index (χ0) is 21.7. The third-order valence-electron chi connectivity index (χ3n) is 4.20. The summed E-state index contributed by atoms with van der Waals surface area (Å²) in [6.45, 7) is 3.76. The van der Waals surface area contributed by atoms with Crippen LogP contribution in [0.4, 0.5) is 11.4 Å². The van der Waals surface area contributed by atoms with E-state index in [0.717, 1.165) is 10.5 Å². The van der Waals surface area contributed by atoms with Gasteiger partial charge in [-0.25, -0.2) is 0 Å². The van der Waals surface area contributed by atoms with E-state index in [-0.39, 0.29) is 17.1 Å². The van der Waals surface area contributed by atoms with E-state index in [0.29, 0.717) is 27.0 Å². The molecule has 4 nitrogen and oxygen atoms in total. The van der Waals surface area contributed by atoms with Gasteiger partial charge in [0.05, 0.1) is 5.25 Å². The third-order valence-corrected chi connectivity index (χ3v) is 5.75. The molecule has 0 saturated heterocycles. The van der Waals surface area contributed by atoms with E-state index < -0.39 is 0 Å². The predicted octanol–water partition coefficient (Wildman–Crippen LogP) is 6.67. The lowest BCUT2D eigenvalue weighted by Crippen LogP contribution is -2.22. The predicted molar refractivity (Wildman–Crippen MR) is 126 cm³/mol. The van der Waals surface area contributed by atoms with E-state index in [1.807, 2.05) is 56.3 Å². The third kappa shape index (κ3) is 6.26. The second-order valence-corrected chi connectivity index (χ2v) is 9.04. The molecule has 1 unspecified atom stereocenters. The number of carbonyl (C=O) groups excluding carboxylic acids is 2. The number of thioether (sulfide) groups is 1. The minimum atomic E-state index is -0.338. The molecule has 7 heteroatoms. The van der Waals surface area contributed by atoms with E-state index in [1.54, 1.807) is 24.3 Å². The molecule has 0 radical (unpaired) electrons. The molecular formula is C23H20Cl2N2O2S. The molecule has 2 N–H and O–H groups in total. The molecule has 0 aromatic heterocycles. The minimum Gasteiger partial charge on any atom is -0.325 e. The number of amides is 2. The minimum absolute atomic E-state index is 0.157. The number of aryl methyl sites for hydroxylation is 1. The molecular weight excluding hydrogens is 439 g/mol. The largest absolute Gasteiger partial charge is 0.325 e. The summed E-state index contributed by atoms with van der Waals surface area (Å²) < 4.78 is 0. The first-order valence-electron chi connectivity index (χ1n) is 9.22. The van der Waals surface area contributed by atoms with Gasteiger partial charge in [-0.3, -0.25) is 9.59 Å². The van der Waals surface area contributed by atoms with Crippen LogP contribution < -0.4 is 10.6 Å². The molecule has 0 aliphatic carbocycles. The molecule has 0 heterocycles. The Bertz CT molecular complexity index is 1050. The Labute approximate surface area is 190 Å². The first-order chi connectivity index (χ1) is 14.3. The Morgan fingerprint density at radius 2 is 1.53 bits per heavy atom. The average Bonchev–Trinajstić information content (AvgIpc) is 2.68. The van der Waals surface area contributed by atoms with Gasteiger partial charge in [-0.2, -0.15) is 0 Å². The lowest BCUT2D eigenvalue weighted by atomic mass is 10.1. The zero-order valence-corrected chi connectivity index (χ0v) is 18.7. The molecule has 0 aliphatic heterocycles. The molecule has 0 aliphatic rings. The monoisotopic (exact) mass is 458 g/mol. The Balaban J connectivity index is 1.58. The summed E-state index contributed by atoms with van der Waals surface area (Å²) >= 11 is 13.4. The fraction of sp³-hybridized carbons (Fsp3) is 0.130. The van der Waals surface area contributed by atoms with Crippen LogP contribution in [0.25, 0.3) is 0 Å². The maximum absolute atomic E-state index is 12.5. The highest BCUT2D eigenvalue weighted by atomic mass is 35.5. The quantitative estimate of drug-likeness (QED) is 0.405. The molecule has 3 rings (SSSR count). The van der Waals surface area contributed by atoms with Gasteiger partial charge >= 0.3 is 0 Å². The van der Waals surface area contributed by atoms with Gasteiger partial charge in [0, 0.05) is 31.9 Å². The van der Waals surface area contributed by atoms with Gasteiger partial charge in [-0.1, -0.05) is 40.9 Å². The summed E-state index contributed by atoms with van der Waals surface area (Å²) in [4.78, 5) is 25.7. The van der Waals surface area contributed by atoms with E-state index in [9.17, 15) is 9.59 Å². The highest BCUT2D eigenvalue weighted by Gasteiger charge is 2.15. The van der Waals surface area contributed by atoms with Gasteiger partial charge in [0.2, 0.25) is 5.91 Å². The Kier molecular flexibility index (Phi) is 7.43. The molecule has 154 valence electrons. The van der Waals surface area contributed by atoms with Crippen molar-refractivity contribution >= 4 is 58.2 Å². The summed E-state index contributed by atoms with van der Waals surface area (Å²) in [6, 6.07) is 19.7. The van der Waals surface area contributed by atoms with E-state index >= 15 is 0 Å². The van der Waals surface area contributed by atoms with Crippen molar-refractivity contribution in [1.82, 2.24) is 0 Å². The summed E-state index contributed by atoms with van der Waals surface area (Å²) in [6.07, 6.45) is 0. The zero-order valence-electron chi connectivity index (χ0n) is 16.4. The summed E-state index contributed by atoms with van der Waals surface area (Å²) in [7, 11) is 0. The number of benzene rings is 3. The van der Waals surface area contributed by atoms with Crippen LogP contribution in [0.2, 0.25) is 10.0 Å². The number of hydrogen-bond acceptors (Lipinski definition) is 3. The highest BCUT2D eigenvalue weighted by molar-refractivity contribution is 8.00. The van der Waals surface area contributed by atoms with Crippen molar-refractivity contribution < 1.29 is 9.59 Å². The van der Waals surface area contributed by atoms with Crippen molar-refractivity contribution in [3.8, 4) is 0 Å². The maximum atomic E-state index is 12.5. The Morgan fingerprint density at radius 1 is 0.867 bits per heavy atom. The fourth-order valence-electron chi connectivity index (χ4n) is 2.73. The van der Waals surface area contributed by atoms with Crippen molar-refractivity contribution in [2.75, 3.05) is 10.6 Å². The molecule has 30 heavy (non-hydrogen) atoms. The van der Waals surface area contributed by atoms with Crippen molar-refractivity contribution in [3.05, 3.63) is 87.9 Å². The summed E-state index contributed by atoms with van der Waals surface area (Å²) in [5, 5.41) is 6.28. The Morgan fingerprint density at radius 3 is 2.17 bits per heavy atom. The number of rotatable bonds is 6. The van der Waals surface area contributed by atoms with E-state index in [4.69, 9.17) is 23.2 Å². The van der Waals surface area contributed by atoms with Crippen LogP contribution in [0.15, 0.2) is 71.6 Å². The molecule has 0 saturated carbocycles. The van der Waals surface area contributed by atoms with E-state index in [2.05, 4.69) is 10.6 Å². The standard InChI is InChI=1S/C23H20Cl2N2O2S/c1-14-4-3-5-16(10-14)23(29)26-19-6-8-21(9-7-19)30-15(2)22(28)27-20-12-17(24)11-18(25)13-20/h3-13,15H,1-2H3,(H,26,29)(H,27,28). The molecule has 3 aromatic carbocycles. The smallest absolute Gasteiger partial charge is 0.255 e. The number of halogens is 2. The van der Waals surface area contributed by atoms with Crippen LogP contribution in [0.3, 0.4) is 0 Å². The molecule has 0 spiro atoms. The number of nitrogens with one attached hydrogen (secondary N) is 2. The lowest BCUT2D eigenvalue weighted by Gasteiger charge is -2.13. The molecule has 1 atom stereocenters. The Hall–Kier alpha value is -2.47. The first-order valence-corrected chi connectivity index (χ1v) is 10.9. The van der Waals surface area contributed by atoms with Gasteiger partial charge in [0.15, 0.2) is 0 Å². The number of carbonyl (C=O) groups is 2. The van der Waals surface area contributed by atoms with Gasteiger partial charge in [-0.05, 0) is 68.4 Å². The number of anilines is 2.